The minimum atomic E-state index is 0.905. The molecule has 0 spiro atoms. The van der Waals surface area contributed by atoms with Crippen molar-refractivity contribution < 1.29 is 0 Å². The van der Waals surface area contributed by atoms with Crippen LogP contribution < -0.4 is 0 Å². The highest BCUT2D eigenvalue weighted by atomic mass is 14.4. The summed E-state index contributed by atoms with van der Waals surface area (Å²) in [5.74, 6) is 3.04. The van der Waals surface area contributed by atoms with Crippen molar-refractivity contribution in [3.8, 4) is 0 Å². The Balaban J connectivity index is 2.02. The van der Waals surface area contributed by atoms with E-state index in [9.17, 15) is 0 Å². The molecule has 0 aromatic rings. The van der Waals surface area contributed by atoms with E-state index in [4.69, 9.17) is 0 Å². The van der Waals surface area contributed by atoms with Crippen molar-refractivity contribution in [1.29, 1.82) is 0 Å². The lowest BCUT2D eigenvalue weighted by Crippen LogP contribution is -2.00. The van der Waals surface area contributed by atoms with Crippen LogP contribution in [0.15, 0.2) is 0 Å². The zero-order chi connectivity index (χ0) is 8.97. The summed E-state index contributed by atoms with van der Waals surface area (Å²) in [6.45, 7) is 6.89. The fraction of sp³-hybridized carbons (Fsp3) is 1.00. The van der Waals surface area contributed by atoms with Crippen LogP contribution in [0.2, 0.25) is 12.6 Å². The molecule has 0 N–H and O–H groups in total. The molecule has 1 heteroatoms. The summed E-state index contributed by atoms with van der Waals surface area (Å²) < 4.78 is 0. The van der Waals surface area contributed by atoms with E-state index < -0.39 is 0 Å². The average molecular weight is 165 g/mol. The van der Waals surface area contributed by atoms with E-state index in [1.807, 2.05) is 0 Å². The minimum absolute atomic E-state index is 0.905. The van der Waals surface area contributed by atoms with Gasteiger partial charge in [-0.2, -0.15) is 0 Å². The average Bonchev–Trinajstić information content (AvgIpc) is 2.76. The van der Waals surface area contributed by atoms with Gasteiger partial charge in [-0.15, -0.1) is 0 Å². The fourth-order valence-corrected chi connectivity index (χ4v) is 2.08. The van der Waals surface area contributed by atoms with Crippen molar-refractivity contribution in [3.05, 3.63) is 0 Å². The van der Waals surface area contributed by atoms with E-state index in [0.717, 1.165) is 17.7 Å². The second-order valence-corrected chi connectivity index (χ2v) is 4.43. The Morgan fingerprint density at radius 2 is 2.08 bits per heavy atom. The van der Waals surface area contributed by atoms with Gasteiger partial charge in [-0.25, -0.2) is 0 Å². The highest BCUT2D eigenvalue weighted by molar-refractivity contribution is 6.35. The van der Waals surface area contributed by atoms with Crippen LogP contribution in [-0.4, -0.2) is 7.28 Å². The smallest absolute Gasteiger partial charge is 0.0917 e. The number of rotatable bonds is 6. The maximum Gasteiger partial charge on any atom is 0.110 e. The summed E-state index contributed by atoms with van der Waals surface area (Å²) in [6, 6.07) is 0. The van der Waals surface area contributed by atoms with Gasteiger partial charge in [0.25, 0.3) is 0 Å². The molecular formula is C11H22B. The van der Waals surface area contributed by atoms with Crippen molar-refractivity contribution in [3.63, 3.8) is 0 Å². The molecule has 3 unspecified atom stereocenters. The molecule has 12 heavy (non-hydrogen) atoms. The van der Waals surface area contributed by atoms with E-state index in [1.54, 1.807) is 0 Å². The first-order valence-electron chi connectivity index (χ1n) is 5.57. The van der Waals surface area contributed by atoms with Gasteiger partial charge in [-0.1, -0.05) is 52.2 Å². The van der Waals surface area contributed by atoms with Gasteiger partial charge in [-0.3, -0.25) is 0 Å². The second kappa shape index (κ2) is 4.94. The van der Waals surface area contributed by atoms with Gasteiger partial charge in [-0.05, 0) is 18.3 Å². The monoisotopic (exact) mass is 165 g/mol. The quantitative estimate of drug-likeness (QED) is 0.525. The Bertz CT molecular complexity index is 122. The van der Waals surface area contributed by atoms with Gasteiger partial charge in [0, 0.05) is 0 Å². The Morgan fingerprint density at radius 1 is 1.42 bits per heavy atom. The van der Waals surface area contributed by atoms with Gasteiger partial charge in [0.15, 0.2) is 0 Å². The van der Waals surface area contributed by atoms with Crippen LogP contribution >= 0.6 is 0 Å². The Labute approximate surface area is 78.4 Å². The molecule has 1 rings (SSSR count). The molecule has 1 aliphatic rings. The fourth-order valence-electron chi connectivity index (χ4n) is 2.08. The molecule has 0 amide bonds. The van der Waals surface area contributed by atoms with Crippen LogP contribution in [0, 0.1) is 11.8 Å². The summed E-state index contributed by atoms with van der Waals surface area (Å²) >= 11 is 0. The highest BCUT2D eigenvalue weighted by Gasteiger charge is 2.31. The summed E-state index contributed by atoms with van der Waals surface area (Å²) in [6.07, 6.45) is 7.17. The van der Waals surface area contributed by atoms with Gasteiger partial charge >= 0.3 is 0 Å². The molecule has 0 aromatic heterocycles. The molecule has 1 saturated carbocycles. The van der Waals surface area contributed by atoms with Crippen LogP contribution in [0.3, 0.4) is 0 Å². The maximum absolute atomic E-state index is 2.40. The minimum Gasteiger partial charge on any atom is -0.0917 e. The molecule has 0 nitrogen and oxygen atoms in total. The first kappa shape index (κ1) is 10.1. The van der Waals surface area contributed by atoms with Crippen LogP contribution in [0.1, 0.15) is 46.0 Å². The second-order valence-electron chi connectivity index (χ2n) is 4.43. The molecular weight excluding hydrogens is 143 g/mol. The molecule has 3 atom stereocenters. The normalized spacial score (nSPS) is 29.9. The molecule has 69 valence electrons. The summed E-state index contributed by atoms with van der Waals surface area (Å²) in [5, 5.41) is 0. The van der Waals surface area contributed by atoms with Crippen molar-refractivity contribution >= 4 is 7.28 Å². The van der Waals surface area contributed by atoms with E-state index in [1.165, 1.54) is 32.1 Å². The molecule has 0 aromatic carbocycles. The Kier molecular flexibility index (Phi) is 4.18. The molecule has 0 aliphatic heterocycles. The Hall–Kier alpha value is 0.0649. The van der Waals surface area contributed by atoms with E-state index in [0.29, 0.717) is 0 Å². The number of hydrogen-bond donors (Lipinski definition) is 0. The third kappa shape index (κ3) is 3.20. The molecule has 0 heterocycles. The largest absolute Gasteiger partial charge is 0.110 e. The zero-order valence-electron chi connectivity index (χ0n) is 8.84. The lowest BCUT2D eigenvalue weighted by atomic mass is 9.63. The SMILES string of the molecule is C[B]C(CCC)CCC1CC1C. The summed E-state index contributed by atoms with van der Waals surface area (Å²) in [5.41, 5.74) is 0. The van der Waals surface area contributed by atoms with Crippen molar-refractivity contribution in [1.82, 2.24) is 0 Å². The molecule has 1 aliphatic carbocycles. The first-order valence-corrected chi connectivity index (χ1v) is 5.57. The molecule has 0 saturated heterocycles. The molecule has 1 fully saturated rings. The van der Waals surface area contributed by atoms with Crippen LogP contribution in [0.4, 0.5) is 0 Å². The summed E-state index contributed by atoms with van der Waals surface area (Å²) in [4.78, 5) is 0. The lowest BCUT2D eigenvalue weighted by molar-refractivity contribution is 0.574. The van der Waals surface area contributed by atoms with Crippen LogP contribution in [0.5, 0.6) is 0 Å². The van der Waals surface area contributed by atoms with E-state index in [-0.39, 0.29) is 0 Å². The van der Waals surface area contributed by atoms with Gasteiger partial charge in [0.05, 0.1) is 0 Å². The van der Waals surface area contributed by atoms with Crippen molar-refractivity contribution in [2.45, 2.75) is 58.6 Å². The first-order chi connectivity index (χ1) is 5.77. The topological polar surface area (TPSA) is 0 Å². The van der Waals surface area contributed by atoms with Crippen LogP contribution in [0.25, 0.3) is 0 Å². The predicted molar refractivity (Wildman–Crippen MR) is 56.8 cm³/mol. The predicted octanol–water partition coefficient (Wildman–Crippen LogP) is 3.76. The van der Waals surface area contributed by atoms with Crippen molar-refractivity contribution in [2.24, 2.45) is 11.8 Å². The van der Waals surface area contributed by atoms with E-state index >= 15 is 0 Å². The lowest BCUT2D eigenvalue weighted by Gasteiger charge is -2.12. The van der Waals surface area contributed by atoms with Gasteiger partial charge in [0.1, 0.15) is 7.28 Å². The zero-order valence-corrected chi connectivity index (χ0v) is 8.84. The highest BCUT2D eigenvalue weighted by Crippen LogP contribution is 2.42. The van der Waals surface area contributed by atoms with Gasteiger partial charge in [0.2, 0.25) is 0 Å². The standard InChI is InChI=1S/C11H22B/c1-4-5-11(12-3)7-6-10-8-9(10)2/h9-11H,4-8H2,1-3H3. The summed E-state index contributed by atoms with van der Waals surface area (Å²) in [7, 11) is 2.40. The van der Waals surface area contributed by atoms with Crippen LogP contribution in [-0.2, 0) is 0 Å². The third-order valence-electron chi connectivity index (χ3n) is 3.32. The Morgan fingerprint density at radius 3 is 2.50 bits per heavy atom. The number of hydrogen-bond acceptors (Lipinski definition) is 0. The molecule has 1 radical (unpaired) electrons. The molecule has 0 bridgehead atoms. The van der Waals surface area contributed by atoms with Crippen molar-refractivity contribution in [2.75, 3.05) is 0 Å². The maximum atomic E-state index is 2.40. The third-order valence-corrected chi connectivity index (χ3v) is 3.32. The van der Waals surface area contributed by atoms with Gasteiger partial charge < -0.3 is 0 Å². The van der Waals surface area contributed by atoms with E-state index in [2.05, 4.69) is 28.0 Å².